The molecule has 6 nitrogen and oxygen atoms in total. The van der Waals surface area contributed by atoms with Crippen LogP contribution in [0.25, 0.3) is 11.8 Å². The van der Waals surface area contributed by atoms with Gasteiger partial charge in [-0.05, 0) is 53.8 Å². The molecule has 0 bridgehead atoms. The first kappa shape index (κ1) is 21.6. The van der Waals surface area contributed by atoms with Gasteiger partial charge in [0.2, 0.25) is 0 Å². The van der Waals surface area contributed by atoms with E-state index in [9.17, 15) is 9.59 Å². The Balaban J connectivity index is 1.95. The van der Waals surface area contributed by atoms with E-state index in [0.717, 1.165) is 11.1 Å². The van der Waals surface area contributed by atoms with Gasteiger partial charge in [0.1, 0.15) is 5.82 Å². The fraction of sp³-hybridized carbons (Fsp3) is 0.136. The van der Waals surface area contributed by atoms with Gasteiger partial charge in [-0.2, -0.15) is 4.98 Å². The second-order valence-corrected chi connectivity index (χ2v) is 7.65. The molecule has 1 aromatic heterocycles. The summed E-state index contributed by atoms with van der Waals surface area (Å²) in [6, 6.07) is 10.2. The standard InChI is InChI=1S/C22H19Cl2N3O3/c1-12(3-4-14-5-6-16(21(28)29)13(2)9-14)15-10-17(23)20(24)18(11-15)27-8-7-19(25)26-22(27)30/h3-12H,1-2H3,(H,28,29)(H2,25,26,30)/b4-3+. The van der Waals surface area contributed by atoms with Crippen molar-refractivity contribution in [3.05, 3.63) is 91.5 Å². The van der Waals surface area contributed by atoms with Crippen molar-refractivity contribution in [1.29, 1.82) is 0 Å². The van der Waals surface area contributed by atoms with Gasteiger partial charge in [0.15, 0.2) is 0 Å². The van der Waals surface area contributed by atoms with Gasteiger partial charge in [-0.1, -0.05) is 54.4 Å². The number of nitrogens with two attached hydrogens (primary N) is 1. The number of aromatic nitrogens is 2. The van der Waals surface area contributed by atoms with Crippen LogP contribution in [0.2, 0.25) is 10.0 Å². The fourth-order valence-corrected chi connectivity index (χ4v) is 3.45. The van der Waals surface area contributed by atoms with Crippen LogP contribution in [0.1, 0.15) is 39.9 Å². The number of carboxylic acids is 1. The van der Waals surface area contributed by atoms with Gasteiger partial charge in [0.25, 0.3) is 0 Å². The van der Waals surface area contributed by atoms with Crippen LogP contribution in [0, 0.1) is 6.92 Å². The van der Waals surface area contributed by atoms with Crippen molar-refractivity contribution in [1.82, 2.24) is 9.55 Å². The first-order valence-corrected chi connectivity index (χ1v) is 9.79. The van der Waals surface area contributed by atoms with Gasteiger partial charge in [-0.3, -0.25) is 4.57 Å². The van der Waals surface area contributed by atoms with Gasteiger partial charge in [0.05, 0.1) is 21.3 Å². The number of carboxylic acid groups (broad SMARTS) is 1. The number of halogens is 2. The lowest BCUT2D eigenvalue weighted by Crippen LogP contribution is -2.22. The summed E-state index contributed by atoms with van der Waals surface area (Å²) in [7, 11) is 0. The van der Waals surface area contributed by atoms with E-state index in [-0.39, 0.29) is 22.3 Å². The average molecular weight is 444 g/mol. The van der Waals surface area contributed by atoms with Crippen LogP contribution in [-0.4, -0.2) is 20.6 Å². The summed E-state index contributed by atoms with van der Waals surface area (Å²) < 4.78 is 1.29. The van der Waals surface area contributed by atoms with E-state index in [1.54, 1.807) is 31.2 Å². The maximum absolute atomic E-state index is 12.2. The molecule has 2 aromatic carbocycles. The Morgan fingerprint density at radius 3 is 2.60 bits per heavy atom. The van der Waals surface area contributed by atoms with Gasteiger partial charge in [-0.25, -0.2) is 9.59 Å². The fourth-order valence-electron chi connectivity index (χ4n) is 3.03. The predicted molar refractivity (Wildman–Crippen MR) is 120 cm³/mol. The van der Waals surface area contributed by atoms with Crippen molar-refractivity contribution < 1.29 is 9.90 Å². The molecule has 0 aliphatic rings. The van der Waals surface area contributed by atoms with Gasteiger partial charge in [0, 0.05) is 6.20 Å². The second kappa shape index (κ2) is 8.73. The van der Waals surface area contributed by atoms with Crippen LogP contribution in [0.4, 0.5) is 5.82 Å². The molecule has 3 rings (SSSR count). The number of anilines is 1. The Hall–Kier alpha value is -3.09. The topological polar surface area (TPSA) is 98.2 Å². The van der Waals surface area contributed by atoms with Crippen LogP contribution in [-0.2, 0) is 0 Å². The van der Waals surface area contributed by atoms with Crippen molar-refractivity contribution in [2.45, 2.75) is 19.8 Å². The average Bonchev–Trinajstić information content (AvgIpc) is 2.68. The molecule has 1 heterocycles. The third-order valence-corrected chi connectivity index (χ3v) is 5.49. The number of carbonyl (C=O) groups is 1. The zero-order chi connectivity index (χ0) is 22.0. The van der Waals surface area contributed by atoms with E-state index < -0.39 is 11.7 Å². The largest absolute Gasteiger partial charge is 0.478 e. The minimum atomic E-state index is -0.952. The zero-order valence-electron chi connectivity index (χ0n) is 16.3. The molecule has 154 valence electrons. The molecule has 8 heteroatoms. The molecule has 0 aliphatic heterocycles. The number of hydrogen-bond donors (Lipinski definition) is 2. The van der Waals surface area contributed by atoms with E-state index in [1.807, 2.05) is 25.1 Å². The lowest BCUT2D eigenvalue weighted by Gasteiger charge is -2.14. The predicted octanol–water partition coefficient (Wildman–Crippen LogP) is 4.95. The van der Waals surface area contributed by atoms with E-state index in [2.05, 4.69) is 4.98 Å². The number of aromatic carboxylic acids is 1. The minimum Gasteiger partial charge on any atom is -0.478 e. The summed E-state index contributed by atoms with van der Waals surface area (Å²) in [5.74, 6) is -0.891. The van der Waals surface area contributed by atoms with Crippen molar-refractivity contribution in [3.8, 4) is 5.69 Å². The number of aryl methyl sites for hydroxylation is 1. The minimum absolute atomic E-state index is 0.0598. The normalized spacial score (nSPS) is 12.3. The molecule has 0 aliphatic carbocycles. The monoisotopic (exact) mass is 443 g/mol. The summed E-state index contributed by atoms with van der Waals surface area (Å²) in [6.45, 7) is 3.73. The van der Waals surface area contributed by atoms with Crippen molar-refractivity contribution >= 4 is 41.1 Å². The summed E-state index contributed by atoms with van der Waals surface area (Å²) in [6.07, 6.45) is 5.37. The Bertz CT molecular complexity index is 1220. The van der Waals surface area contributed by atoms with Crippen LogP contribution in [0.5, 0.6) is 0 Å². The molecule has 0 fully saturated rings. The summed E-state index contributed by atoms with van der Waals surface area (Å²) in [4.78, 5) is 27.1. The maximum Gasteiger partial charge on any atom is 0.354 e. The van der Waals surface area contributed by atoms with E-state index in [4.69, 9.17) is 34.0 Å². The molecule has 3 aromatic rings. The highest BCUT2D eigenvalue weighted by atomic mass is 35.5. The van der Waals surface area contributed by atoms with Crippen molar-refractivity contribution in [3.63, 3.8) is 0 Å². The molecule has 0 spiro atoms. The van der Waals surface area contributed by atoms with Crippen molar-refractivity contribution in [2.24, 2.45) is 0 Å². The molecule has 1 atom stereocenters. The Morgan fingerprint density at radius 2 is 1.97 bits per heavy atom. The summed E-state index contributed by atoms with van der Waals surface area (Å²) >= 11 is 12.6. The first-order chi connectivity index (χ1) is 14.2. The molecule has 0 radical (unpaired) electrons. The molecule has 0 amide bonds. The smallest absolute Gasteiger partial charge is 0.354 e. The quantitative estimate of drug-likeness (QED) is 0.581. The van der Waals surface area contributed by atoms with Gasteiger partial charge >= 0.3 is 11.7 Å². The SMILES string of the molecule is Cc1cc(/C=C/C(C)c2cc(Cl)c(Cl)c(-n3ccc(N)nc3=O)c2)ccc1C(=O)O. The van der Waals surface area contributed by atoms with Crippen LogP contribution >= 0.6 is 23.2 Å². The lowest BCUT2D eigenvalue weighted by molar-refractivity contribution is 0.0696. The number of nitrogens with zero attached hydrogens (tertiary/aromatic N) is 2. The molecule has 0 saturated heterocycles. The van der Waals surface area contributed by atoms with E-state index >= 15 is 0 Å². The number of hydrogen-bond acceptors (Lipinski definition) is 4. The van der Waals surface area contributed by atoms with Crippen LogP contribution < -0.4 is 11.4 Å². The highest BCUT2D eigenvalue weighted by Crippen LogP contribution is 2.33. The Labute approximate surface area is 183 Å². The number of allylic oxidation sites excluding steroid dienone is 1. The van der Waals surface area contributed by atoms with Crippen LogP contribution in [0.3, 0.4) is 0 Å². The molecular weight excluding hydrogens is 425 g/mol. The zero-order valence-corrected chi connectivity index (χ0v) is 17.8. The van der Waals surface area contributed by atoms with E-state index in [1.165, 1.54) is 16.8 Å². The Morgan fingerprint density at radius 1 is 1.23 bits per heavy atom. The molecule has 0 saturated carbocycles. The highest BCUT2D eigenvalue weighted by Gasteiger charge is 2.14. The first-order valence-electron chi connectivity index (χ1n) is 9.04. The summed E-state index contributed by atoms with van der Waals surface area (Å²) in [5.41, 5.74) is 8.10. The van der Waals surface area contributed by atoms with Crippen molar-refractivity contribution in [2.75, 3.05) is 5.73 Å². The molecule has 30 heavy (non-hydrogen) atoms. The third kappa shape index (κ3) is 4.56. The number of rotatable bonds is 5. The van der Waals surface area contributed by atoms with Crippen LogP contribution in [0.15, 0.2) is 53.5 Å². The van der Waals surface area contributed by atoms with Gasteiger partial charge < -0.3 is 10.8 Å². The maximum atomic E-state index is 12.2. The molecular formula is C22H19Cl2N3O3. The lowest BCUT2D eigenvalue weighted by atomic mass is 9.98. The molecule has 3 N–H and O–H groups in total. The Kier molecular flexibility index (Phi) is 6.29. The van der Waals surface area contributed by atoms with Gasteiger partial charge in [-0.15, -0.1) is 0 Å². The number of nitrogen functional groups attached to an aromatic ring is 1. The number of benzene rings is 2. The highest BCUT2D eigenvalue weighted by molar-refractivity contribution is 6.43. The second-order valence-electron chi connectivity index (χ2n) is 6.87. The third-order valence-electron chi connectivity index (χ3n) is 4.70. The molecule has 1 unspecified atom stereocenters. The van der Waals surface area contributed by atoms with E-state index in [0.29, 0.717) is 16.3 Å². The summed E-state index contributed by atoms with van der Waals surface area (Å²) in [5, 5.41) is 9.70.